The summed E-state index contributed by atoms with van der Waals surface area (Å²) >= 11 is 0. The van der Waals surface area contributed by atoms with Crippen molar-refractivity contribution in [3.05, 3.63) is 35.0 Å². The van der Waals surface area contributed by atoms with E-state index in [9.17, 15) is 8.42 Å². The topological polar surface area (TPSA) is 90.0 Å². The van der Waals surface area contributed by atoms with Gasteiger partial charge in [-0.05, 0) is 43.5 Å². The third-order valence-corrected chi connectivity index (χ3v) is 5.03. The van der Waals surface area contributed by atoms with Crippen molar-refractivity contribution in [3.8, 4) is 0 Å². The monoisotopic (exact) mass is 294 g/mol. The SMILES string of the molecule is Cc1cc(N)c(C)c(S(=O)(=O)Nc2ccnn2C)c1C. The maximum absolute atomic E-state index is 12.6. The first-order valence-corrected chi connectivity index (χ1v) is 7.59. The van der Waals surface area contributed by atoms with Crippen molar-refractivity contribution in [1.82, 2.24) is 9.78 Å². The molecule has 0 atom stereocenters. The van der Waals surface area contributed by atoms with Gasteiger partial charge in [-0.15, -0.1) is 0 Å². The number of aromatic nitrogens is 2. The van der Waals surface area contributed by atoms with Crippen LogP contribution in [-0.2, 0) is 17.1 Å². The van der Waals surface area contributed by atoms with Gasteiger partial charge in [0.2, 0.25) is 0 Å². The van der Waals surface area contributed by atoms with Gasteiger partial charge >= 0.3 is 0 Å². The summed E-state index contributed by atoms with van der Waals surface area (Å²) in [5.74, 6) is 0.406. The lowest BCUT2D eigenvalue weighted by molar-refractivity contribution is 0.599. The largest absolute Gasteiger partial charge is 0.398 e. The highest BCUT2D eigenvalue weighted by Gasteiger charge is 2.23. The molecule has 1 aromatic carbocycles. The van der Waals surface area contributed by atoms with Crippen molar-refractivity contribution < 1.29 is 8.42 Å². The first-order valence-electron chi connectivity index (χ1n) is 6.11. The number of nitrogen functional groups attached to an aromatic ring is 1. The molecule has 0 unspecified atom stereocenters. The van der Waals surface area contributed by atoms with Gasteiger partial charge in [0.1, 0.15) is 5.82 Å². The van der Waals surface area contributed by atoms with E-state index in [1.165, 1.54) is 10.9 Å². The highest BCUT2D eigenvalue weighted by atomic mass is 32.2. The molecule has 0 saturated heterocycles. The molecule has 0 aliphatic rings. The van der Waals surface area contributed by atoms with Crippen molar-refractivity contribution in [2.24, 2.45) is 7.05 Å². The van der Waals surface area contributed by atoms with Gasteiger partial charge in [-0.3, -0.25) is 9.40 Å². The Morgan fingerprint density at radius 2 is 1.90 bits per heavy atom. The average molecular weight is 294 g/mol. The van der Waals surface area contributed by atoms with Gasteiger partial charge in [-0.25, -0.2) is 8.42 Å². The van der Waals surface area contributed by atoms with Crippen molar-refractivity contribution in [2.75, 3.05) is 10.5 Å². The van der Waals surface area contributed by atoms with Crippen LogP contribution in [-0.4, -0.2) is 18.2 Å². The predicted octanol–water partition coefficient (Wildman–Crippen LogP) is 1.73. The molecule has 0 spiro atoms. The number of nitrogens with one attached hydrogen (secondary N) is 1. The number of nitrogens with zero attached hydrogens (tertiary/aromatic N) is 2. The van der Waals surface area contributed by atoms with Gasteiger partial charge in [0, 0.05) is 18.8 Å². The molecule has 6 nitrogen and oxygen atoms in total. The van der Waals surface area contributed by atoms with Crippen LogP contribution in [0.2, 0.25) is 0 Å². The van der Waals surface area contributed by atoms with Gasteiger partial charge in [0.15, 0.2) is 0 Å². The molecule has 7 heteroatoms. The van der Waals surface area contributed by atoms with E-state index in [-0.39, 0.29) is 4.90 Å². The second-order valence-electron chi connectivity index (χ2n) is 4.81. The minimum atomic E-state index is -3.70. The van der Waals surface area contributed by atoms with Crippen molar-refractivity contribution >= 4 is 21.5 Å². The predicted molar refractivity (Wildman–Crippen MR) is 79.1 cm³/mol. The van der Waals surface area contributed by atoms with Crippen LogP contribution in [0.15, 0.2) is 23.2 Å². The lowest BCUT2D eigenvalue weighted by Crippen LogP contribution is -2.18. The quantitative estimate of drug-likeness (QED) is 0.844. The van der Waals surface area contributed by atoms with E-state index in [0.717, 1.165) is 5.56 Å². The standard InChI is InChI=1S/C13H18N4O2S/c1-8-7-11(14)10(3)13(9(8)2)20(18,19)16-12-5-6-15-17(12)4/h5-7,16H,14H2,1-4H3. The number of aryl methyl sites for hydroxylation is 2. The van der Waals surface area contributed by atoms with E-state index < -0.39 is 10.0 Å². The van der Waals surface area contributed by atoms with Gasteiger partial charge < -0.3 is 5.73 Å². The Labute approximate surface area is 118 Å². The molecule has 0 fully saturated rings. The van der Waals surface area contributed by atoms with Crippen LogP contribution in [0.1, 0.15) is 16.7 Å². The minimum absolute atomic E-state index is 0.233. The molecule has 1 heterocycles. The molecule has 2 rings (SSSR count). The summed E-state index contributed by atoms with van der Waals surface area (Å²) in [5.41, 5.74) is 8.46. The summed E-state index contributed by atoms with van der Waals surface area (Å²) in [6.07, 6.45) is 1.53. The normalized spacial score (nSPS) is 11.6. The Morgan fingerprint density at radius 1 is 1.25 bits per heavy atom. The zero-order chi connectivity index (χ0) is 15.1. The van der Waals surface area contributed by atoms with E-state index in [4.69, 9.17) is 5.73 Å². The molecule has 3 N–H and O–H groups in total. The summed E-state index contributed by atoms with van der Waals surface area (Å²) in [6, 6.07) is 3.38. The van der Waals surface area contributed by atoms with E-state index in [0.29, 0.717) is 22.6 Å². The lowest BCUT2D eigenvalue weighted by atomic mass is 10.1. The summed E-state index contributed by atoms with van der Waals surface area (Å²) in [7, 11) is -2.03. The van der Waals surface area contributed by atoms with E-state index >= 15 is 0 Å². The number of sulfonamides is 1. The highest BCUT2D eigenvalue weighted by Crippen LogP contribution is 2.29. The molecule has 0 radical (unpaired) electrons. The molecular weight excluding hydrogens is 276 g/mol. The summed E-state index contributed by atoms with van der Waals surface area (Å²) in [5, 5.41) is 3.94. The number of benzene rings is 1. The lowest BCUT2D eigenvalue weighted by Gasteiger charge is -2.16. The molecular formula is C13H18N4O2S. The maximum Gasteiger partial charge on any atom is 0.263 e. The van der Waals surface area contributed by atoms with Gasteiger partial charge in [-0.2, -0.15) is 5.10 Å². The summed E-state index contributed by atoms with van der Waals surface area (Å²) in [6.45, 7) is 5.33. The average Bonchev–Trinajstić information content (AvgIpc) is 2.72. The number of anilines is 2. The number of rotatable bonds is 3. The second-order valence-corrected chi connectivity index (χ2v) is 6.43. The molecule has 108 valence electrons. The molecule has 0 bridgehead atoms. The zero-order valence-electron chi connectivity index (χ0n) is 11.9. The molecule has 20 heavy (non-hydrogen) atoms. The molecule has 0 aliphatic heterocycles. The van der Waals surface area contributed by atoms with Crippen LogP contribution in [0.3, 0.4) is 0 Å². The Hall–Kier alpha value is -2.02. The van der Waals surface area contributed by atoms with Crippen LogP contribution in [0.25, 0.3) is 0 Å². The first-order chi connectivity index (χ1) is 9.24. The highest BCUT2D eigenvalue weighted by molar-refractivity contribution is 7.92. The number of hydrogen-bond donors (Lipinski definition) is 2. The molecule has 0 aliphatic carbocycles. The fourth-order valence-corrected chi connectivity index (χ4v) is 3.77. The molecule has 2 aromatic rings. The Morgan fingerprint density at radius 3 is 2.45 bits per heavy atom. The van der Waals surface area contributed by atoms with Crippen LogP contribution < -0.4 is 10.5 Å². The molecule has 1 aromatic heterocycles. The van der Waals surface area contributed by atoms with Gasteiger partial charge in [-0.1, -0.05) is 0 Å². The van der Waals surface area contributed by atoms with Crippen LogP contribution in [0.4, 0.5) is 11.5 Å². The van der Waals surface area contributed by atoms with Crippen LogP contribution in [0.5, 0.6) is 0 Å². The van der Waals surface area contributed by atoms with Gasteiger partial charge in [0.05, 0.1) is 11.1 Å². The summed E-state index contributed by atoms with van der Waals surface area (Å²) in [4.78, 5) is 0.233. The Kier molecular flexibility index (Phi) is 3.47. The Balaban J connectivity index is 2.58. The second kappa shape index (κ2) is 4.82. The van der Waals surface area contributed by atoms with Crippen molar-refractivity contribution in [1.29, 1.82) is 0 Å². The van der Waals surface area contributed by atoms with E-state index in [1.807, 2.05) is 6.92 Å². The third-order valence-electron chi connectivity index (χ3n) is 3.41. The maximum atomic E-state index is 12.6. The smallest absolute Gasteiger partial charge is 0.263 e. The molecule has 0 saturated carbocycles. The number of nitrogens with two attached hydrogens (primary N) is 1. The summed E-state index contributed by atoms with van der Waals surface area (Å²) < 4.78 is 29.2. The fraction of sp³-hybridized carbons (Fsp3) is 0.308. The van der Waals surface area contributed by atoms with Crippen LogP contribution in [0, 0.1) is 20.8 Å². The Bertz CT molecular complexity index is 737. The van der Waals surface area contributed by atoms with E-state index in [2.05, 4.69) is 9.82 Å². The number of hydrogen-bond acceptors (Lipinski definition) is 4. The van der Waals surface area contributed by atoms with Gasteiger partial charge in [0.25, 0.3) is 10.0 Å². The third kappa shape index (κ3) is 2.36. The van der Waals surface area contributed by atoms with Crippen LogP contribution >= 0.6 is 0 Å². The zero-order valence-corrected chi connectivity index (χ0v) is 12.7. The molecule has 0 amide bonds. The first kappa shape index (κ1) is 14.4. The van der Waals surface area contributed by atoms with Crippen molar-refractivity contribution in [2.45, 2.75) is 25.7 Å². The fourth-order valence-electron chi connectivity index (χ4n) is 2.11. The minimum Gasteiger partial charge on any atom is -0.398 e. The van der Waals surface area contributed by atoms with E-state index in [1.54, 1.807) is 33.0 Å². The van der Waals surface area contributed by atoms with Crippen molar-refractivity contribution in [3.63, 3.8) is 0 Å².